The highest BCUT2D eigenvalue weighted by molar-refractivity contribution is 7.93. The van der Waals surface area contributed by atoms with Crippen LogP contribution >= 0.6 is 11.6 Å². The first-order valence-corrected chi connectivity index (χ1v) is 11.7. The molecule has 0 heterocycles. The summed E-state index contributed by atoms with van der Waals surface area (Å²) in [7, 11) is -4.29. The first-order valence-electron chi connectivity index (χ1n) is 9.93. The van der Waals surface area contributed by atoms with Gasteiger partial charge in [-0.15, -0.1) is 0 Å². The van der Waals surface area contributed by atoms with Crippen LogP contribution in [0.4, 0.5) is 11.4 Å². The molecule has 3 rings (SSSR count). The molecule has 0 saturated heterocycles. The molecule has 0 aliphatic rings. The number of unbranched alkanes of at least 4 members (excludes halogenated alkanes) is 1. The van der Waals surface area contributed by atoms with E-state index in [2.05, 4.69) is 6.92 Å². The third-order valence-electron chi connectivity index (χ3n) is 4.85. The largest absolute Gasteiger partial charge is 0.288 e. The molecule has 3 aromatic rings. The average Bonchev–Trinajstić information content (AvgIpc) is 2.79. The normalized spacial score (nSPS) is 11.2. The molecule has 0 spiro atoms. The zero-order chi connectivity index (χ0) is 23.3. The van der Waals surface area contributed by atoms with Gasteiger partial charge in [0.05, 0.1) is 15.5 Å². The molecule has 0 unspecified atom stereocenters. The third-order valence-corrected chi connectivity index (χ3v) is 6.89. The van der Waals surface area contributed by atoms with Gasteiger partial charge in [0.15, 0.2) is 0 Å². The Bertz CT molecular complexity index is 1230. The lowest BCUT2D eigenvalue weighted by Crippen LogP contribution is -2.37. The smallest absolute Gasteiger partial charge is 0.268 e. The minimum atomic E-state index is -4.29. The lowest BCUT2D eigenvalue weighted by Gasteiger charge is -2.23. The Hall–Kier alpha value is -3.23. The molecule has 0 aliphatic carbocycles. The number of hydrogen-bond donors (Lipinski definition) is 0. The third kappa shape index (κ3) is 4.98. The molecule has 0 fully saturated rings. The monoisotopic (exact) mass is 472 g/mol. The maximum Gasteiger partial charge on any atom is 0.288 e. The Morgan fingerprint density at radius 2 is 1.69 bits per heavy atom. The van der Waals surface area contributed by atoms with E-state index < -0.39 is 26.5 Å². The molecule has 0 aromatic heterocycles. The second-order valence-corrected chi connectivity index (χ2v) is 9.27. The summed E-state index contributed by atoms with van der Waals surface area (Å²) in [6.45, 7) is 2.08. The predicted molar refractivity (Wildman–Crippen MR) is 124 cm³/mol. The summed E-state index contributed by atoms with van der Waals surface area (Å²) in [5, 5.41) is 11.1. The summed E-state index contributed by atoms with van der Waals surface area (Å²) in [5.74, 6) is -0.921. The van der Waals surface area contributed by atoms with Gasteiger partial charge in [0.2, 0.25) is 0 Å². The van der Waals surface area contributed by atoms with E-state index in [4.69, 9.17) is 11.6 Å². The number of carbonyl (C=O) groups is 1. The van der Waals surface area contributed by atoms with Gasteiger partial charge in [-0.25, -0.2) is 8.42 Å². The summed E-state index contributed by atoms with van der Waals surface area (Å²) < 4.78 is 27.5. The Morgan fingerprint density at radius 3 is 2.28 bits per heavy atom. The second-order valence-electron chi connectivity index (χ2n) is 7.08. The molecule has 0 saturated carbocycles. The lowest BCUT2D eigenvalue weighted by atomic mass is 10.1. The predicted octanol–water partition coefficient (Wildman–Crippen LogP) is 5.63. The van der Waals surface area contributed by atoms with Crippen molar-refractivity contribution in [2.75, 3.05) is 4.31 Å². The second kappa shape index (κ2) is 9.93. The Morgan fingerprint density at radius 1 is 1.03 bits per heavy atom. The van der Waals surface area contributed by atoms with Gasteiger partial charge in [0.1, 0.15) is 5.02 Å². The van der Waals surface area contributed by atoms with E-state index in [0.29, 0.717) is 4.31 Å². The molecule has 1 amide bonds. The first kappa shape index (κ1) is 23.4. The summed E-state index contributed by atoms with van der Waals surface area (Å²) in [6, 6.07) is 17.7. The molecule has 0 aliphatic heterocycles. The van der Waals surface area contributed by atoms with Crippen molar-refractivity contribution in [1.82, 2.24) is 0 Å². The van der Waals surface area contributed by atoms with Crippen molar-refractivity contribution < 1.29 is 18.1 Å². The van der Waals surface area contributed by atoms with E-state index >= 15 is 0 Å². The Kier molecular flexibility index (Phi) is 7.27. The van der Waals surface area contributed by atoms with Gasteiger partial charge >= 0.3 is 0 Å². The van der Waals surface area contributed by atoms with E-state index in [1.807, 2.05) is 0 Å². The molecular formula is C23H21ClN2O5S. The van der Waals surface area contributed by atoms with Gasteiger partial charge < -0.3 is 0 Å². The number of amides is 1. The molecule has 9 heteroatoms. The van der Waals surface area contributed by atoms with Crippen molar-refractivity contribution >= 4 is 38.9 Å². The number of aryl methyl sites for hydroxylation is 1. The fourth-order valence-electron chi connectivity index (χ4n) is 3.14. The number of nitrogens with zero attached hydrogens (tertiary/aromatic N) is 2. The van der Waals surface area contributed by atoms with Crippen molar-refractivity contribution in [3.05, 3.63) is 99.1 Å². The van der Waals surface area contributed by atoms with E-state index in [0.717, 1.165) is 30.9 Å². The van der Waals surface area contributed by atoms with Crippen LogP contribution < -0.4 is 4.31 Å². The molecular weight excluding hydrogens is 452 g/mol. The summed E-state index contributed by atoms with van der Waals surface area (Å²) in [6.07, 6.45) is 2.84. The Balaban J connectivity index is 2.12. The van der Waals surface area contributed by atoms with Crippen LogP contribution in [-0.4, -0.2) is 19.2 Å². The van der Waals surface area contributed by atoms with Crippen molar-refractivity contribution in [3.8, 4) is 0 Å². The van der Waals surface area contributed by atoms with Gasteiger partial charge in [0, 0.05) is 11.6 Å². The summed E-state index contributed by atoms with van der Waals surface area (Å²) in [5.41, 5.74) is 0.499. The molecule has 0 bridgehead atoms. The number of sulfonamides is 1. The molecule has 32 heavy (non-hydrogen) atoms. The molecule has 0 atom stereocenters. The topological polar surface area (TPSA) is 97.6 Å². The lowest BCUT2D eigenvalue weighted by molar-refractivity contribution is -0.384. The van der Waals surface area contributed by atoms with Crippen LogP contribution in [0.5, 0.6) is 0 Å². The van der Waals surface area contributed by atoms with Gasteiger partial charge in [-0.2, -0.15) is 4.31 Å². The minimum absolute atomic E-state index is 0.0770. The molecule has 7 nitrogen and oxygen atoms in total. The van der Waals surface area contributed by atoms with Crippen LogP contribution in [0, 0.1) is 10.1 Å². The molecule has 3 aromatic carbocycles. The fourth-order valence-corrected chi connectivity index (χ4v) is 4.77. The number of nitro groups is 1. The Labute approximate surface area is 191 Å². The highest BCUT2D eigenvalue weighted by Gasteiger charge is 2.32. The number of carbonyl (C=O) groups excluding carboxylic acids is 1. The number of hydrogen-bond acceptors (Lipinski definition) is 5. The number of anilines is 1. The van der Waals surface area contributed by atoms with Crippen LogP contribution in [0.25, 0.3) is 0 Å². The van der Waals surface area contributed by atoms with Crippen molar-refractivity contribution in [3.63, 3.8) is 0 Å². The van der Waals surface area contributed by atoms with Gasteiger partial charge in [-0.1, -0.05) is 55.3 Å². The van der Waals surface area contributed by atoms with Crippen LogP contribution in [0.1, 0.15) is 35.7 Å². The van der Waals surface area contributed by atoms with Gasteiger partial charge in [-0.05, 0) is 54.8 Å². The van der Waals surface area contributed by atoms with Crippen LogP contribution in [0.3, 0.4) is 0 Å². The summed E-state index contributed by atoms with van der Waals surface area (Å²) in [4.78, 5) is 23.8. The maximum atomic E-state index is 13.4. The maximum absolute atomic E-state index is 13.4. The van der Waals surface area contributed by atoms with Crippen molar-refractivity contribution in [2.45, 2.75) is 31.1 Å². The van der Waals surface area contributed by atoms with Gasteiger partial charge in [0.25, 0.3) is 21.6 Å². The summed E-state index contributed by atoms with van der Waals surface area (Å²) >= 11 is 5.85. The quantitative estimate of drug-likeness (QED) is 0.312. The van der Waals surface area contributed by atoms with Crippen molar-refractivity contribution in [1.29, 1.82) is 0 Å². The van der Waals surface area contributed by atoms with Crippen LogP contribution in [0.15, 0.2) is 77.7 Å². The minimum Gasteiger partial charge on any atom is -0.268 e. The number of rotatable bonds is 8. The standard InChI is InChI=1S/C23H21ClN2O5S/c1-2-3-7-17-10-13-19(14-11-17)25(32(30,31)20-8-5-4-6-9-20)23(27)18-12-15-21(24)22(16-18)26(28)29/h4-6,8-16H,2-3,7H2,1H3. The molecule has 166 valence electrons. The van der Waals surface area contributed by atoms with E-state index in [9.17, 15) is 23.3 Å². The van der Waals surface area contributed by atoms with E-state index in [-0.39, 0.29) is 21.2 Å². The number of halogens is 1. The molecule has 0 N–H and O–H groups in total. The number of benzene rings is 3. The zero-order valence-corrected chi connectivity index (χ0v) is 18.8. The molecule has 0 radical (unpaired) electrons. The van der Waals surface area contributed by atoms with Crippen LogP contribution in [0.2, 0.25) is 5.02 Å². The average molecular weight is 473 g/mol. The van der Waals surface area contributed by atoms with Gasteiger partial charge in [-0.3, -0.25) is 14.9 Å². The van der Waals surface area contributed by atoms with E-state index in [1.54, 1.807) is 42.5 Å². The SMILES string of the molecule is CCCCc1ccc(N(C(=O)c2ccc(Cl)c([N+](=O)[O-])c2)S(=O)(=O)c2ccccc2)cc1. The highest BCUT2D eigenvalue weighted by atomic mass is 35.5. The zero-order valence-electron chi connectivity index (χ0n) is 17.3. The van der Waals surface area contributed by atoms with Crippen molar-refractivity contribution in [2.24, 2.45) is 0 Å². The fraction of sp³-hybridized carbons (Fsp3) is 0.174. The highest BCUT2D eigenvalue weighted by Crippen LogP contribution is 2.30. The first-order chi connectivity index (χ1) is 15.3. The van der Waals surface area contributed by atoms with Crippen LogP contribution in [-0.2, 0) is 16.4 Å². The van der Waals surface area contributed by atoms with E-state index in [1.165, 1.54) is 24.3 Å². The number of nitro benzene ring substituents is 1.